The Morgan fingerprint density at radius 1 is 1.00 bits per heavy atom. The molecule has 112 valence electrons. The lowest BCUT2D eigenvalue weighted by molar-refractivity contribution is -0.662. The molecule has 3 nitrogen and oxygen atoms in total. The Hall–Kier alpha value is -2.46. The van der Waals surface area contributed by atoms with Gasteiger partial charge in [0.25, 0.3) is 0 Å². The van der Waals surface area contributed by atoms with E-state index in [0.717, 1.165) is 33.0 Å². The number of nitrogens with two attached hydrogens (primary N) is 1. The molecule has 0 spiro atoms. The minimum atomic E-state index is 0.797. The maximum atomic E-state index is 6.09. The van der Waals surface area contributed by atoms with Crippen molar-refractivity contribution in [3.8, 4) is 0 Å². The van der Waals surface area contributed by atoms with E-state index in [4.69, 9.17) is 5.73 Å². The van der Waals surface area contributed by atoms with Crippen LogP contribution in [0.4, 0.5) is 5.69 Å². The Morgan fingerprint density at radius 3 is 2.78 bits per heavy atom. The predicted octanol–water partition coefficient (Wildman–Crippen LogP) is 4.07. The van der Waals surface area contributed by atoms with Crippen molar-refractivity contribution in [3.63, 3.8) is 0 Å². The van der Waals surface area contributed by atoms with Crippen LogP contribution in [-0.4, -0.2) is 4.98 Å². The monoisotopic (exact) mass is 364 g/mol. The third kappa shape index (κ3) is 2.55. The number of fused-ring (bicyclic) bond motifs is 2. The summed E-state index contributed by atoms with van der Waals surface area (Å²) < 4.78 is 3.24. The summed E-state index contributed by atoms with van der Waals surface area (Å²) in [4.78, 5) is 4.21. The third-order valence-corrected chi connectivity index (χ3v) is 4.72. The molecular weight excluding hydrogens is 350 g/mol. The quantitative estimate of drug-likeness (QED) is 0.544. The minimum absolute atomic E-state index is 0.797. The highest BCUT2D eigenvalue weighted by molar-refractivity contribution is 9.10. The zero-order valence-electron chi connectivity index (χ0n) is 12.4. The number of anilines is 1. The number of nitrogen functional groups attached to an aromatic ring is 1. The lowest BCUT2D eigenvalue weighted by atomic mass is 10.1. The molecule has 0 bridgehead atoms. The van der Waals surface area contributed by atoms with E-state index in [9.17, 15) is 0 Å². The molecule has 0 aliphatic carbocycles. The summed E-state index contributed by atoms with van der Waals surface area (Å²) in [6, 6.07) is 16.7. The summed E-state index contributed by atoms with van der Waals surface area (Å²) >= 11 is 3.58. The average Bonchev–Trinajstić information content (AvgIpc) is 2.58. The maximum absolute atomic E-state index is 6.09. The molecule has 4 heteroatoms. The standard InChI is InChI=1S/C19H14BrN3/c20-17-11-22-10-14-6-5-13(9-16(14)17)12-23-8-7-18(21)15-3-1-2-4-19(15)23/h1-11,21H,12H2/p+1. The number of hydrogen-bond acceptors (Lipinski definition) is 2. The summed E-state index contributed by atoms with van der Waals surface area (Å²) in [7, 11) is 0. The number of halogens is 1. The highest BCUT2D eigenvalue weighted by atomic mass is 79.9. The molecule has 0 atom stereocenters. The highest BCUT2D eigenvalue weighted by Gasteiger charge is 2.12. The highest BCUT2D eigenvalue weighted by Crippen LogP contribution is 2.24. The molecule has 4 rings (SSSR count). The summed E-state index contributed by atoms with van der Waals surface area (Å²) in [6.45, 7) is 0.797. The van der Waals surface area contributed by atoms with E-state index >= 15 is 0 Å². The molecule has 2 aromatic heterocycles. The van der Waals surface area contributed by atoms with Crippen molar-refractivity contribution in [2.24, 2.45) is 0 Å². The molecule has 0 saturated carbocycles. The zero-order valence-corrected chi connectivity index (χ0v) is 14.0. The molecule has 0 aliphatic heterocycles. The number of hydrogen-bond donors (Lipinski definition) is 1. The van der Waals surface area contributed by atoms with Crippen LogP contribution in [0.2, 0.25) is 0 Å². The van der Waals surface area contributed by atoms with Gasteiger partial charge in [0.2, 0.25) is 5.52 Å². The lowest BCUT2D eigenvalue weighted by Gasteiger charge is -2.06. The first-order chi connectivity index (χ1) is 11.2. The van der Waals surface area contributed by atoms with Crippen LogP contribution in [0, 0.1) is 0 Å². The molecule has 2 N–H and O–H groups in total. The third-order valence-electron chi connectivity index (χ3n) is 4.09. The Bertz CT molecular complexity index is 1030. The molecule has 23 heavy (non-hydrogen) atoms. The molecule has 2 aromatic carbocycles. The maximum Gasteiger partial charge on any atom is 0.214 e. The first-order valence-corrected chi connectivity index (χ1v) is 8.20. The van der Waals surface area contributed by atoms with Gasteiger partial charge in [0.1, 0.15) is 0 Å². The number of para-hydroxylation sites is 1. The van der Waals surface area contributed by atoms with Crippen molar-refractivity contribution in [2.75, 3.05) is 5.73 Å². The van der Waals surface area contributed by atoms with Crippen molar-refractivity contribution < 1.29 is 4.57 Å². The number of benzene rings is 2. The molecular formula is C19H15BrN3+. The van der Waals surface area contributed by atoms with Crippen molar-refractivity contribution in [3.05, 3.63) is 77.2 Å². The molecule has 0 saturated heterocycles. The van der Waals surface area contributed by atoms with Crippen LogP contribution in [0.25, 0.3) is 21.7 Å². The van der Waals surface area contributed by atoms with Gasteiger partial charge in [0, 0.05) is 39.9 Å². The normalized spacial score (nSPS) is 11.2. The molecule has 0 fully saturated rings. The number of aromatic nitrogens is 2. The second-order valence-electron chi connectivity index (χ2n) is 5.59. The second kappa shape index (κ2) is 5.63. The Balaban J connectivity index is 1.82. The van der Waals surface area contributed by atoms with E-state index in [-0.39, 0.29) is 0 Å². The predicted molar refractivity (Wildman–Crippen MR) is 97.1 cm³/mol. The minimum Gasteiger partial charge on any atom is -0.398 e. The van der Waals surface area contributed by atoms with Gasteiger partial charge < -0.3 is 5.73 Å². The van der Waals surface area contributed by atoms with Crippen molar-refractivity contribution in [1.29, 1.82) is 0 Å². The van der Waals surface area contributed by atoms with E-state index in [0.29, 0.717) is 0 Å². The van der Waals surface area contributed by atoms with Gasteiger partial charge in [0.05, 0.1) is 11.1 Å². The van der Waals surface area contributed by atoms with Gasteiger partial charge in [-0.15, -0.1) is 0 Å². The largest absolute Gasteiger partial charge is 0.398 e. The zero-order chi connectivity index (χ0) is 15.8. The van der Waals surface area contributed by atoms with Crippen LogP contribution >= 0.6 is 15.9 Å². The summed E-state index contributed by atoms with van der Waals surface area (Å²) in [5.41, 5.74) is 9.28. The van der Waals surface area contributed by atoms with Crippen molar-refractivity contribution >= 4 is 43.3 Å². The average molecular weight is 365 g/mol. The molecule has 0 radical (unpaired) electrons. The summed E-state index contributed by atoms with van der Waals surface area (Å²) in [5, 5.41) is 3.40. The Labute approximate surface area is 142 Å². The van der Waals surface area contributed by atoms with Crippen molar-refractivity contribution in [1.82, 2.24) is 4.98 Å². The van der Waals surface area contributed by atoms with E-state index in [1.807, 2.05) is 36.8 Å². The summed E-state index contributed by atoms with van der Waals surface area (Å²) in [5.74, 6) is 0. The van der Waals surface area contributed by atoms with Crippen molar-refractivity contribution in [2.45, 2.75) is 6.54 Å². The van der Waals surface area contributed by atoms with E-state index < -0.39 is 0 Å². The van der Waals surface area contributed by atoms with E-state index in [2.05, 4.69) is 55.8 Å². The SMILES string of the molecule is Nc1cc[n+](Cc2ccc3cncc(Br)c3c2)c2ccccc12. The topological polar surface area (TPSA) is 42.8 Å². The fourth-order valence-corrected chi connectivity index (χ4v) is 3.38. The smallest absolute Gasteiger partial charge is 0.214 e. The van der Waals surface area contributed by atoms with Crippen LogP contribution in [0.3, 0.4) is 0 Å². The molecule has 2 heterocycles. The fraction of sp³-hybridized carbons (Fsp3) is 0.0526. The van der Waals surface area contributed by atoms with Gasteiger partial charge in [-0.1, -0.05) is 24.3 Å². The van der Waals surface area contributed by atoms with Gasteiger partial charge in [0.15, 0.2) is 12.7 Å². The Kier molecular flexibility index (Phi) is 3.46. The summed E-state index contributed by atoms with van der Waals surface area (Å²) in [6.07, 6.45) is 5.76. The van der Waals surface area contributed by atoms with Crippen LogP contribution in [0.15, 0.2) is 71.6 Å². The van der Waals surface area contributed by atoms with Gasteiger partial charge in [-0.2, -0.15) is 4.57 Å². The van der Waals surface area contributed by atoms with Crippen LogP contribution in [-0.2, 0) is 6.54 Å². The van der Waals surface area contributed by atoms with E-state index in [1.54, 1.807) is 0 Å². The fourth-order valence-electron chi connectivity index (χ4n) is 2.92. The lowest BCUT2D eigenvalue weighted by Crippen LogP contribution is -2.34. The molecule has 4 aromatic rings. The second-order valence-corrected chi connectivity index (χ2v) is 6.45. The number of pyridine rings is 2. The molecule has 0 unspecified atom stereocenters. The van der Waals surface area contributed by atoms with Crippen LogP contribution in [0.5, 0.6) is 0 Å². The number of nitrogens with zero attached hydrogens (tertiary/aromatic N) is 2. The van der Waals surface area contributed by atoms with E-state index in [1.165, 1.54) is 10.9 Å². The molecule has 0 aliphatic rings. The number of rotatable bonds is 2. The first kappa shape index (κ1) is 14.2. The van der Waals surface area contributed by atoms with Gasteiger partial charge in [-0.05, 0) is 33.4 Å². The van der Waals surface area contributed by atoms with Gasteiger partial charge >= 0.3 is 0 Å². The van der Waals surface area contributed by atoms with Crippen LogP contribution < -0.4 is 10.3 Å². The molecule has 0 amide bonds. The first-order valence-electron chi connectivity index (χ1n) is 7.41. The van der Waals surface area contributed by atoms with Crippen LogP contribution in [0.1, 0.15) is 5.56 Å². The van der Waals surface area contributed by atoms with Gasteiger partial charge in [-0.25, -0.2) is 0 Å². The Morgan fingerprint density at radius 2 is 1.87 bits per heavy atom. The van der Waals surface area contributed by atoms with Gasteiger partial charge in [-0.3, -0.25) is 4.98 Å².